The lowest BCUT2D eigenvalue weighted by atomic mass is 9.79. The lowest BCUT2D eigenvalue weighted by Crippen LogP contribution is -2.43. The summed E-state index contributed by atoms with van der Waals surface area (Å²) in [7, 11) is 1.58. The molecule has 21 heavy (non-hydrogen) atoms. The normalized spacial score (nSPS) is 16.3. The van der Waals surface area contributed by atoms with Crippen LogP contribution in [0.1, 0.15) is 45.4 Å². The number of carboxylic acid groups (broad SMARTS) is 1. The molecule has 1 aliphatic rings. The predicted octanol–water partition coefficient (Wildman–Crippen LogP) is 2.16. The first kappa shape index (κ1) is 17.2. The highest BCUT2D eigenvalue weighted by atomic mass is 16.4. The van der Waals surface area contributed by atoms with E-state index in [4.69, 9.17) is 5.11 Å². The molecule has 0 aromatic carbocycles. The van der Waals surface area contributed by atoms with Gasteiger partial charge in [-0.3, -0.25) is 14.9 Å². The topological polar surface area (TPSA) is 86.7 Å². The van der Waals surface area contributed by atoms with Crippen LogP contribution in [0.15, 0.2) is 12.2 Å². The molecule has 0 unspecified atom stereocenters. The summed E-state index contributed by atoms with van der Waals surface area (Å²) in [6, 6.07) is -0.480. The number of hydrogen-bond donors (Lipinski definition) is 2. The Labute approximate surface area is 125 Å². The molecule has 6 heteroatoms. The van der Waals surface area contributed by atoms with Gasteiger partial charge in [0, 0.05) is 20.0 Å². The van der Waals surface area contributed by atoms with E-state index in [0.717, 1.165) is 31.3 Å². The first-order valence-corrected chi connectivity index (χ1v) is 7.15. The van der Waals surface area contributed by atoms with Gasteiger partial charge in [0.15, 0.2) is 0 Å². The Bertz CT molecular complexity index is 439. The first-order valence-electron chi connectivity index (χ1n) is 7.15. The summed E-state index contributed by atoms with van der Waals surface area (Å²) >= 11 is 0. The van der Waals surface area contributed by atoms with Crippen LogP contribution in [-0.2, 0) is 9.59 Å². The molecule has 0 saturated heterocycles. The van der Waals surface area contributed by atoms with Crippen LogP contribution in [0, 0.1) is 5.41 Å². The fourth-order valence-corrected chi connectivity index (χ4v) is 2.94. The first-order chi connectivity index (χ1) is 9.74. The van der Waals surface area contributed by atoms with Gasteiger partial charge < -0.3 is 10.0 Å². The van der Waals surface area contributed by atoms with E-state index in [1.165, 1.54) is 4.90 Å². The molecular formula is C15H24N2O4. The molecule has 0 heterocycles. The average molecular weight is 296 g/mol. The third kappa shape index (κ3) is 5.57. The molecule has 0 atom stereocenters. The zero-order chi connectivity index (χ0) is 16.0. The Morgan fingerprint density at radius 1 is 1.24 bits per heavy atom. The van der Waals surface area contributed by atoms with E-state index in [1.54, 1.807) is 14.0 Å². The van der Waals surface area contributed by atoms with E-state index in [2.05, 4.69) is 11.9 Å². The van der Waals surface area contributed by atoms with Crippen LogP contribution in [-0.4, -0.2) is 41.5 Å². The Morgan fingerprint density at radius 3 is 2.29 bits per heavy atom. The maximum absolute atomic E-state index is 12.0. The van der Waals surface area contributed by atoms with Gasteiger partial charge in [-0.1, -0.05) is 25.0 Å². The smallest absolute Gasteiger partial charge is 0.324 e. The lowest BCUT2D eigenvalue weighted by molar-refractivity contribution is -0.140. The number of carbonyl (C=O) groups excluding carboxylic acids is 2. The number of rotatable bonds is 6. The number of aliphatic carboxylic acids is 1. The predicted molar refractivity (Wildman–Crippen MR) is 78.8 cm³/mol. The Hall–Kier alpha value is -1.85. The van der Waals surface area contributed by atoms with Crippen molar-refractivity contribution in [2.24, 2.45) is 5.41 Å². The number of likely N-dealkylation sites (N-methyl/N-ethyl adjacent to an activating group) is 1. The van der Waals surface area contributed by atoms with Gasteiger partial charge in [-0.25, -0.2) is 4.79 Å². The van der Waals surface area contributed by atoms with Crippen molar-refractivity contribution in [3.63, 3.8) is 0 Å². The third-order valence-corrected chi connectivity index (χ3v) is 3.83. The highest BCUT2D eigenvalue weighted by Gasteiger charge is 2.38. The van der Waals surface area contributed by atoms with Crippen LogP contribution in [0.3, 0.4) is 0 Å². The monoisotopic (exact) mass is 296 g/mol. The van der Waals surface area contributed by atoms with Crippen molar-refractivity contribution in [1.29, 1.82) is 0 Å². The minimum atomic E-state index is -0.893. The molecule has 0 aromatic rings. The van der Waals surface area contributed by atoms with Crippen molar-refractivity contribution in [2.75, 3.05) is 13.6 Å². The molecule has 3 amide bonds. The molecule has 1 saturated carbocycles. The number of hydrogen-bond acceptors (Lipinski definition) is 3. The maximum Gasteiger partial charge on any atom is 0.324 e. The lowest BCUT2D eigenvalue weighted by Gasteiger charge is -2.26. The molecule has 1 fully saturated rings. The van der Waals surface area contributed by atoms with Crippen molar-refractivity contribution in [3.05, 3.63) is 12.2 Å². The molecule has 1 rings (SSSR count). The summed E-state index contributed by atoms with van der Waals surface area (Å²) in [6.45, 7) is 5.88. The number of nitrogens with zero attached hydrogens (tertiary/aromatic N) is 1. The second kappa shape index (κ2) is 7.24. The van der Waals surface area contributed by atoms with Crippen molar-refractivity contribution in [2.45, 2.75) is 45.4 Å². The average Bonchev–Trinajstić information content (AvgIpc) is 2.74. The summed E-state index contributed by atoms with van der Waals surface area (Å²) in [4.78, 5) is 36.2. The Balaban J connectivity index is 2.56. The van der Waals surface area contributed by atoms with Crippen LogP contribution in [0.5, 0.6) is 0 Å². The van der Waals surface area contributed by atoms with Crippen molar-refractivity contribution in [3.8, 4) is 0 Å². The fourth-order valence-electron chi connectivity index (χ4n) is 2.94. The van der Waals surface area contributed by atoms with Crippen LogP contribution in [0.4, 0.5) is 4.79 Å². The molecule has 0 bridgehead atoms. The summed E-state index contributed by atoms with van der Waals surface area (Å²) in [5.74, 6) is -1.30. The summed E-state index contributed by atoms with van der Waals surface area (Å²) in [5, 5.41) is 11.3. The summed E-state index contributed by atoms with van der Waals surface area (Å²) < 4.78 is 0. The standard InChI is InChI=1S/C15H24N2O4/c1-11(2)10-17(3)14(21)16-12(18)8-15(9-13(19)20)6-4-5-7-15/h1,4-10H2,2-3H3,(H,19,20)(H,16,18,21). The summed E-state index contributed by atoms with van der Waals surface area (Å²) in [6.07, 6.45) is 3.39. The minimum absolute atomic E-state index is 0.0176. The molecule has 118 valence electrons. The van der Waals surface area contributed by atoms with Crippen LogP contribution >= 0.6 is 0 Å². The number of imide groups is 1. The maximum atomic E-state index is 12.0. The fraction of sp³-hybridized carbons (Fsp3) is 0.667. The molecule has 1 aliphatic carbocycles. The second-order valence-corrected chi connectivity index (χ2v) is 6.12. The van der Waals surface area contributed by atoms with Gasteiger partial charge in [0.2, 0.25) is 5.91 Å². The Kier molecular flexibility index (Phi) is 5.93. The van der Waals surface area contributed by atoms with Crippen molar-refractivity contribution >= 4 is 17.9 Å². The molecule has 0 aromatic heterocycles. The molecule has 0 spiro atoms. The number of urea groups is 1. The Morgan fingerprint density at radius 2 is 1.81 bits per heavy atom. The molecular weight excluding hydrogens is 272 g/mol. The quantitative estimate of drug-likeness (QED) is 0.735. The highest BCUT2D eigenvalue weighted by molar-refractivity contribution is 5.94. The van der Waals surface area contributed by atoms with Crippen molar-refractivity contribution < 1.29 is 19.5 Å². The SMILES string of the molecule is C=C(C)CN(C)C(=O)NC(=O)CC1(CC(=O)O)CCCC1. The van der Waals surface area contributed by atoms with E-state index in [1.807, 2.05) is 0 Å². The van der Waals surface area contributed by atoms with Crippen LogP contribution in [0.2, 0.25) is 0 Å². The largest absolute Gasteiger partial charge is 0.481 e. The number of carboxylic acids is 1. The summed E-state index contributed by atoms with van der Waals surface area (Å²) in [5.41, 5.74) is 0.321. The number of carbonyl (C=O) groups is 3. The molecule has 2 N–H and O–H groups in total. The second-order valence-electron chi connectivity index (χ2n) is 6.12. The van der Waals surface area contributed by atoms with Gasteiger partial charge in [-0.2, -0.15) is 0 Å². The van der Waals surface area contributed by atoms with Gasteiger partial charge >= 0.3 is 12.0 Å². The zero-order valence-corrected chi connectivity index (χ0v) is 12.8. The van der Waals surface area contributed by atoms with Gasteiger partial charge in [0.1, 0.15) is 0 Å². The van der Waals surface area contributed by atoms with Crippen LogP contribution < -0.4 is 5.32 Å². The van der Waals surface area contributed by atoms with Gasteiger partial charge in [-0.15, -0.1) is 0 Å². The number of nitrogens with one attached hydrogen (secondary N) is 1. The molecule has 0 aliphatic heterocycles. The highest BCUT2D eigenvalue weighted by Crippen LogP contribution is 2.43. The van der Waals surface area contributed by atoms with E-state index in [0.29, 0.717) is 6.54 Å². The van der Waals surface area contributed by atoms with Gasteiger partial charge in [0.05, 0.1) is 6.42 Å². The van der Waals surface area contributed by atoms with E-state index < -0.39 is 23.3 Å². The van der Waals surface area contributed by atoms with Crippen molar-refractivity contribution in [1.82, 2.24) is 10.2 Å². The van der Waals surface area contributed by atoms with E-state index in [9.17, 15) is 14.4 Å². The van der Waals surface area contributed by atoms with Crippen LogP contribution in [0.25, 0.3) is 0 Å². The van der Waals surface area contributed by atoms with E-state index >= 15 is 0 Å². The molecule has 0 radical (unpaired) electrons. The van der Waals surface area contributed by atoms with Gasteiger partial charge in [-0.05, 0) is 25.2 Å². The van der Waals surface area contributed by atoms with Gasteiger partial charge in [0.25, 0.3) is 0 Å². The zero-order valence-electron chi connectivity index (χ0n) is 12.8. The number of amides is 3. The third-order valence-electron chi connectivity index (χ3n) is 3.83. The molecule has 6 nitrogen and oxygen atoms in total. The minimum Gasteiger partial charge on any atom is -0.481 e. The van der Waals surface area contributed by atoms with E-state index in [-0.39, 0.29) is 12.8 Å².